The number of carbonyl (C=O) groups is 2. The summed E-state index contributed by atoms with van der Waals surface area (Å²) in [6.07, 6.45) is 10.9. The van der Waals surface area contributed by atoms with Crippen molar-refractivity contribution in [3.8, 4) is 0 Å². The van der Waals surface area contributed by atoms with Crippen molar-refractivity contribution in [3.05, 3.63) is 23.3 Å². The molecule has 2 heteroatoms. The van der Waals surface area contributed by atoms with E-state index in [9.17, 15) is 9.59 Å². The van der Waals surface area contributed by atoms with Gasteiger partial charge in [0.2, 0.25) is 0 Å². The van der Waals surface area contributed by atoms with E-state index < -0.39 is 0 Å². The highest BCUT2D eigenvalue weighted by Gasteiger charge is 2.55. The van der Waals surface area contributed by atoms with Crippen LogP contribution < -0.4 is 0 Å². The lowest BCUT2D eigenvalue weighted by atomic mass is 9.52. The molecule has 0 heterocycles. The Morgan fingerprint density at radius 1 is 1.10 bits per heavy atom. The first kappa shape index (κ1) is 13.5. The quantitative estimate of drug-likeness (QED) is 0.630. The predicted molar refractivity (Wildman–Crippen MR) is 81.7 cm³/mol. The summed E-state index contributed by atoms with van der Waals surface area (Å²) in [5, 5.41) is 0. The molecule has 112 valence electrons. The number of rotatable bonds is 0. The third kappa shape index (κ3) is 1.65. The maximum Gasteiger partial charge on any atom is 0.155 e. The van der Waals surface area contributed by atoms with Crippen molar-refractivity contribution in [3.63, 3.8) is 0 Å². The first-order valence-electron chi connectivity index (χ1n) is 8.43. The van der Waals surface area contributed by atoms with Gasteiger partial charge < -0.3 is 0 Å². The summed E-state index contributed by atoms with van der Waals surface area (Å²) in [5.74, 6) is 1.90. The van der Waals surface area contributed by atoms with Gasteiger partial charge in [0.1, 0.15) is 5.78 Å². The van der Waals surface area contributed by atoms with Crippen molar-refractivity contribution in [2.24, 2.45) is 22.7 Å². The van der Waals surface area contributed by atoms with Crippen LogP contribution in [0.3, 0.4) is 0 Å². The van der Waals surface area contributed by atoms with E-state index in [2.05, 4.69) is 19.9 Å². The molecule has 0 aromatic carbocycles. The SMILES string of the molecule is C[C@]12CCC(=O)C=C1CC[C@@H]1C2=CC[C@@]2(C)C(=O)CC[C@@H]12. The topological polar surface area (TPSA) is 34.1 Å². The molecule has 2 nitrogen and oxygen atoms in total. The minimum atomic E-state index is -0.101. The fourth-order valence-electron chi connectivity index (χ4n) is 5.64. The minimum Gasteiger partial charge on any atom is -0.299 e. The third-order valence-electron chi connectivity index (χ3n) is 7.05. The van der Waals surface area contributed by atoms with Crippen molar-refractivity contribution >= 4 is 11.6 Å². The van der Waals surface area contributed by atoms with Crippen LogP contribution in [-0.2, 0) is 9.59 Å². The molecule has 0 saturated heterocycles. The maximum absolute atomic E-state index is 12.3. The molecule has 0 aromatic heterocycles. The zero-order valence-electron chi connectivity index (χ0n) is 13.1. The van der Waals surface area contributed by atoms with Crippen molar-refractivity contribution in [2.45, 2.75) is 58.8 Å². The molecule has 4 aliphatic carbocycles. The second-order valence-corrected chi connectivity index (χ2v) is 7.96. The van der Waals surface area contributed by atoms with E-state index in [0.29, 0.717) is 29.8 Å². The number of hydrogen-bond donors (Lipinski definition) is 0. The molecular formula is C19H24O2. The predicted octanol–water partition coefficient (Wildman–Crippen LogP) is 4.01. The average molecular weight is 284 g/mol. The summed E-state index contributed by atoms with van der Waals surface area (Å²) < 4.78 is 0. The van der Waals surface area contributed by atoms with E-state index in [1.54, 1.807) is 5.57 Å². The van der Waals surface area contributed by atoms with Crippen molar-refractivity contribution in [2.75, 3.05) is 0 Å². The first-order chi connectivity index (χ1) is 9.95. The molecular weight excluding hydrogens is 260 g/mol. The van der Waals surface area contributed by atoms with E-state index in [1.165, 1.54) is 5.57 Å². The highest BCUT2D eigenvalue weighted by Crippen LogP contribution is 2.62. The van der Waals surface area contributed by atoms with E-state index in [4.69, 9.17) is 0 Å². The summed E-state index contributed by atoms with van der Waals surface area (Å²) in [7, 11) is 0. The highest BCUT2D eigenvalue weighted by molar-refractivity contribution is 5.92. The van der Waals surface area contributed by atoms with Crippen LogP contribution in [0, 0.1) is 22.7 Å². The lowest BCUT2D eigenvalue weighted by Crippen LogP contribution is -2.44. The van der Waals surface area contributed by atoms with Gasteiger partial charge in [-0.15, -0.1) is 0 Å². The van der Waals surface area contributed by atoms with E-state index in [-0.39, 0.29) is 10.8 Å². The van der Waals surface area contributed by atoms with E-state index >= 15 is 0 Å². The van der Waals surface area contributed by atoms with E-state index in [1.807, 2.05) is 6.08 Å². The van der Waals surface area contributed by atoms with Crippen LogP contribution in [0.4, 0.5) is 0 Å². The van der Waals surface area contributed by atoms with Gasteiger partial charge in [-0.2, -0.15) is 0 Å². The van der Waals surface area contributed by atoms with Gasteiger partial charge in [0.05, 0.1) is 0 Å². The fourth-order valence-corrected chi connectivity index (χ4v) is 5.64. The van der Waals surface area contributed by atoms with Crippen LogP contribution in [0.1, 0.15) is 58.8 Å². The molecule has 0 amide bonds. The number of fused-ring (bicyclic) bond motifs is 5. The Bertz CT molecular complexity index is 597. The number of ketones is 2. The number of allylic oxidation sites excluding steroid dienone is 4. The molecule has 0 spiro atoms. The van der Waals surface area contributed by atoms with Gasteiger partial charge in [0.25, 0.3) is 0 Å². The van der Waals surface area contributed by atoms with Gasteiger partial charge in [-0.05, 0) is 50.0 Å². The van der Waals surface area contributed by atoms with Gasteiger partial charge in [-0.25, -0.2) is 0 Å². The molecule has 4 aliphatic rings. The summed E-state index contributed by atoms with van der Waals surface area (Å²) in [5.41, 5.74) is 2.92. The number of carbonyl (C=O) groups excluding carboxylic acids is 2. The maximum atomic E-state index is 12.3. The van der Waals surface area contributed by atoms with Gasteiger partial charge in [-0.3, -0.25) is 9.59 Å². The van der Waals surface area contributed by atoms with Crippen LogP contribution in [0.25, 0.3) is 0 Å². The van der Waals surface area contributed by atoms with Gasteiger partial charge >= 0.3 is 0 Å². The minimum absolute atomic E-state index is 0.101. The van der Waals surface area contributed by atoms with Gasteiger partial charge in [0, 0.05) is 23.7 Å². The fraction of sp³-hybridized carbons (Fsp3) is 0.684. The van der Waals surface area contributed by atoms with Crippen molar-refractivity contribution < 1.29 is 9.59 Å². The Morgan fingerprint density at radius 3 is 2.71 bits per heavy atom. The van der Waals surface area contributed by atoms with Crippen LogP contribution in [-0.4, -0.2) is 11.6 Å². The smallest absolute Gasteiger partial charge is 0.155 e. The monoisotopic (exact) mass is 284 g/mol. The zero-order valence-corrected chi connectivity index (χ0v) is 13.1. The average Bonchev–Trinajstić information content (AvgIpc) is 2.76. The van der Waals surface area contributed by atoms with Gasteiger partial charge in [-0.1, -0.05) is 31.1 Å². The highest BCUT2D eigenvalue weighted by atomic mass is 16.1. The summed E-state index contributed by atoms with van der Waals surface area (Å²) in [6.45, 7) is 4.53. The lowest BCUT2D eigenvalue weighted by Gasteiger charge is -2.52. The number of hydrogen-bond acceptors (Lipinski definition) is 2. The Balaban J connectivity index is 1.78. The molecule has 2 saturated carbocycles. The summed E-state index contributed by atoms with van der Waals surface area (Å²) in [6, 6.07) is 0. The van der Waals surface area contributed by atoms with Crippen LogP contribution >= 0.6 is 0 Å². The molecule has 0 aromatic rings. The van der Waals surface area contributed by atoms with Crippen molar-refractivity contribution in [1.29, 1.82) is 0 Å². The molecule has 2 fully saturated rings. The summed E-state index contributed by atoms with van der Waals surface area (Å²) >= 11 is 0. The second kappa shape index (κ2) is 4.18. The third-order valence-corrected chi connectivity index (χ3v) is 7.05. The Morgan fingerprint density at radius 2 is 1.90 bits per heavy atom. The molecule has 0 bridgehead atoms. The number of Topliss-reactive ketones (excluding diaryl/α,β-unsaturated/α-hetero) is 1. The largest absolute Gasteiger partial charge is 0.299 e. The lowest BCUT2D eigenvalue weighted by molar-refractivity contribution is -0.127. The standard InChI is InChI=1S/C19H24O2/c1-18-9-7-13(20)11-12(18)3-4-14-15-5-6-17(21)19(15,2)10-8-16(14)18/h8,11,14-15H,3-7,9-10H2,1-2H3/t14-,15-,18-,19+/m0/s1. The second-order valence-electron chi connectivity index (χ2n) is 7.96. The van der Waals surface area contributed by atoms with Crippen LogP contribution in [0.2, 0.25) is 0 Å². The molecule has 21 heavy (non-hydrogen) atoms. The normalized spacial score (nSPS) is 45.4. The molecule has 0 unspecified atom stereocenters. The van der Waals surface area contributed by atoms with E-state index in [0.717, 1.165) is 38.5 Å². The Labute approximate surface area is 126 Å². The first-order valence-corrected chi connectivity index (χ1v) is 8.43. The van der Waals surface area contributed by atoms with Crippen LogP contribution in [0.5, 0.6) is 0 Å². The Hall–Kier alpha value is -1.18. The molecule has 4 atom stereocenters. The molecule has 0 N–H and O–H groups in total. The van der Waals surface area contributed by atoms with Crippen molar-refractivity contribution in [1.82, 2.24) is 0 Å². The van der Waals surface area contributed by atoms with Crippen LogP contribution in [0.15, 0.2) is 23.3 Å². The molecule has 0 radical (unpaired) electrons. The Kier molecular flexibility index (Phi) is 2.68. The summed E-state index contributed by atoms with van der Waals surface area (Å²) in [4.78, 5) is 24.1. The zero-order chi connectivity index (χ0) is 14.8. The van der Waals surface area contributed by atoms with Gasteiger partial charge in [0.15, 0.2) is 5.78 Å². The molecule has 4 rings (SSSR count). The molecule has 0 aliphatic heterocycles.